The zero-order valence-corrected chi connectivity index (χ0v) is 11.7. The molecule has 2 aromatic carbocycles. The van der Waals surface area contributed by atoms with E-state index in [1.54, 1.807) is 0 Å². The van der Waals surface area contributed by atoms with E-state index in [1.165, 1.54) is 0 Å². The Labute approximate surface area is 118 Å². The van der Waals surface area contributed by atoms with Gasteiger partial charge in [0.25, 0.3) is 0 Å². The van der Waals surface area contributed by atoms with Crippen LogP contribution >= 0.6 is 0 Å². The second-order valence-electron chi connectivity index (χ2n) is 5.31. The molecule has 0 atom stereocenters. The number of hydrogen-bond donors (Lipinski definition) is 1. The van der Waals surface area contributed by atoms with Crippen LogP contribution in [0, 0.1) is 5.92 Å². The fourth-order valence-electron chi connectivity index (χ4n) is 2.51. The molecule has 2 heteroatoms. The van der Waals surface area contributed by atoms with E-state index in [2.05, 4.69) is 4.98 Å². The Morgan fingerprint density at radius 3 is 2.30 bits per heavy atom. The first-order chi connectivity index (χ1) is 9.68. The van der Waals surface area contributed by atoms with Crippen LogP contribution in [0.2, 0.25) is 0 Å². The van der Waals surface area contributed by atoms with Gasteiger partial charge in [-0.25, -0.2) is 0 Å². The molecule has 3 aromatic rings. The molecule has 0 fully saturated rings. The lowest BCUT2D eigenvalue weighted by molar-refractivity contribution is 0.0942. The molecule has 0 amide bonds. The third kappa shape index (κ3) is 2.03. The van der Waals surface area contributed by atoms with Crippen molar-refractivity contribution in [2.75, 3.05) is 0 Å². The molecular formula is C18H17NO. The van der Waals surface area contributed by atoms with Crippen LogP contribution in [0.15, 0.2) is 54.6 Å². The molecule has 0 aliphatic rings. The van der Waals surface area contributed by atoms with Gasteiger partial charge < -0.3 is 4.98 Å². The van der Waals surface area contributed by atoms with Crippen LogP contribution in [0.25, 0.3) is 22.2 Å². The van der Waals surface area contributed by atoms with Crippen molar-refractivity contribution in [2.45, 2.75) is 13.8 Å². The number of aromatic amines is 1. The standard InChI is InChI=1S/C18H17NO/c1-12(2)18(20)16-14-10-6-7-11-15(14)19-17(16)13-8-4-3-5-9-13/h3-12,19H,1-2H3. The number of aromatic nitrogens is 1. The van der Waals surface area contributed by atoms with Crippen molar-refractivity contribution in [2.24, 2.45) is 5.92 Å². The van der Waals surface area contributed by atoms with Crippen molar-refractivity contribution in [1.29, 1.82) is 0 Å². The first-order valence-electron chi connectivity index (χ1n) is 6.89. The third-order valence-electron chi connectivity index (χ3n) is 3.54. The van der Waals surface area contributed by atoms with E-state index in [0.29, 0.717) is 0 Å². The van der Waals surface area contributed by atoms with Crippen molar-refractivity contribution in [3.8, 4) is 11.3 Å². The minimum Gasteiger partial charge on any atom is -0.354 e. The summed E-state index contributed by atoms with van der Waals surface area (Å²) in [6.45, 7) is 3.89. The van der Waals surface area contributed by atoms with Crippen molar-refractivity contribution in [3.63, 3.8) is 0 Å². The number of nitrogens with one attached hydrogen (secondary N) is 1. The Bertz CT molecular complexity index is 753. The van der Waals surface area contributed by atoms with E-state index in [9.17, 15) is 4.79 Å². The third-order valence-corrected chi connectivity index (χ3v) is 3.54. The molecule has 20 heavy (non-hydrogen) atoms. The highest BCUT2D eigenvalue weighted by Crippen LogP contribution is 2.31. The molecule has 2 nitrogen and oxygen atoms in total. The van der Waals surface area contributed by atoms with E-state index < -0.39 is 0 Å². The molecule has 1 heterocycles. The maximum absolute atomic E-state index is 12.6. The molecule has 3 rings (SSSR count). The minimum atomic E-state index is -0.0170. The highest BCUT2D eigenvalue weighted by atomic mass is 16.1. The van der Waals surface area contributed by atoms with Crippen molar-refractivity contribution < 1.29 is 4.79 Å². The smallest absolute Gasteiger partial charge is 0.168 e. The highest BCUT2D eigenvalue weighted by Gasteiger charge is 2.21. The van der Waals surface area contributed by atoms with Gasteiger partial charge in [-0.1, -0.05) is 62.4 Å². The number of benzene rings is 2. The van der Waals surface area contributed by atoms with Gasteiger partial charge in [-0.3, -0.25) is 4.79 Å². The molecule has 1 N–H and O–H groups in total. The van der Waals surface area contributed by atoms with Gasteiger partial charge in [0.15, 0.2) is 5.78 Å². The molecule has 0 unspecified atom stereocenters. The van der Waals surface area contributed by atoms with Gasteiger partial charge in [-0.05, 0) is 11.6 Å². The zero-order chi connectivity index (χ0) is 14.1. The number of Topliss-reactive ketones (excluding diaryl/α,β-unsaturated/α-hetero) is 1. The predicted octanol–water partition coefficient (Wildman–Crippen LogP) is 4.67. The maximum Gasteiger partial charge on any atom is 0.168 e. The number of fused-ring (bicyclic) bond motifs is 1. The topological polar surface area (TPSA) is 32.9 Å². The average Bonchev–Trinajstić information content (AvgIpc) is 2.86. The second-order valence-corrected chi connectivity index (χ2v) is 5.31. The van der Waals surface area contributed by atoms with Crippen LogP contribution in [0.1, 0.15) is 24.2 Å². The van der Waals surface area contributed by atoms with E-state index in [4.69, 9.17) is 0 Å². The Hall–Kier alpha value is -2.35. The van der Waals surface area contributed by atoms with Gasteiger partial charge in [0.05, 0.1) is 11.3 Å². The second kappa shape index (κ2) is 4.97. The van der Waals surface area contributed by atoms with E-state index in [1.807, 2.05) is 68.4 Å². The fourth-order valence-corrected chi connectivity index (χ4v) is 2.51. The van der Waals surface area contributed by atoms with Crippen LogP contribution in [-0.2, 0) is 0 Å². The number of para-hydroxylation sites is 1. The zero-order valence-electron chi connectivity index (χ0n) is 11.7. The van der Waals surface area contributed by atoms with Gasteiger partial charge in [0.2, 0.25) is 0 Å². The number of ketones is 1. The van der Waals surface area contributed by atoms with Gasteiger partial charge >= 0.3 is 0 Å². The molecule has 0 aliphatic carbocycles. The van der Waals surface area contributed by atoms with E-state index in [0.717, 1.165) is 27.7 Å². The number of hydrogen-bond acceptors (Lipinski definition) is 1. The van der Waals surface area contributed by atoms with Gasteiger partial charge in [0, 0.05) is 16.8 Å². The summed E-state index contributed by atoms with van der Waals surface area (Å²) in [5.41, 5.74) is 3.79. The van der Waals surface area contributed by atoms with E-state index >= 15 is 0 Å². The van der Waals surface area contributed by atoms with Crippen molar-refractivity contribution in [3.05, 3.63) is 60.2 Å². The Morgan fingerprint density at radius 1 is 0.950 bits per heavy atom. The normalized spacial score (nSPS) is 11.2. The van der Waals surface area contributed by atoms with Crippen LogP contribution in [0.3, 0.4) is 0 Å². The van der Waals surface area contributed by atoms with Crippen molar-refractivity contribution >= 4 is 16.7 Å². The molecule has 0 spiro atoms. The fraction of sp³-hybridized carbons (Fsp3) is 0.167. The summed E-state index contributed by atoms with van der Waals surface area (Å²) in [5.74, 6) is 0.165. The quantitative estimate of drug-likeness (QED) is 0.684. The molecule has 0 radical (unpaired) electrons. The van der Waals surface area contributed by atoms with Crippen LogP contribution < -0.4 is 0 Å². The number of carbonyl (C=O) groups excluding carboxylic acids is 1. The minimum absolute atomic E-state index is 0.0170. The lowest BCUT2D eigenvalue weighted by Gasteiger charge is -2.07. The van der Waals surface area contributed by atoms with Gasteiger partial charge in [0.1, 0.15) is 0 Å². The molecule has 0 aliphatic heterocycles. The summed E-state index contributed by atoms with van der Waals surface area (Å²) in [4.78, 5) is 16.0. The van der Waals surface area contributed by atoms with Gasteiger partial charge in [-0.2, -0.15) is 0 Å². The lowest BCUT2D eigenvalue weighted by Crippen LogP contribution is -2.08. The summed E-state index contributed by atoms with van der Waals surface area (Å²) < 4.78 is 0. The molecule has 0 bridgehead atoms. The summed E-state index contributed by atoms with van der Waals surface area (Å²) in [7, 11) is 0. The lowest BCUT2D eigenvalue weighted by atomic mass is 9.95. The molecular weight excluding hydrogens is 246 g/mol. The van der Waals surface area contributed by atoms with E-state index in [-0.39, 0.29) is 11.7 Å². The number of rotatable bonds is 3. The number of H-pyrrole nitrogens is 1. The Balaban J connectivity index is 2.31. The van der Waals surface area contributed by atoms with Gasteiger partial charge in [-0.15, -0.1) is 0 Å². The van der Waals surface area contributed by atoms with Crippen LogP contribution in [-0.4, -0.2) is 10.8 Å². The predicted molar refractivity (Wildman–Crippen MR) is 82.9 cm³/mol. The summed E-state index contributed by atoms with van der Waals surface area (Å²) in [6, 6.07) is 18.0. The Kier molecular flexibility index (Phi) is 3.15. The maximum atomic E-state index is 12.6. The largest absolute Gasteiger partial charge is 0.354 e. The summed E-state index contributed by atoms with van der Waals surface area (Å²) in [5, 5.41) is 1.00. The molecule has 100 valence electrons. The summed E-state index contributed by atoms with van der Waals surface area (Å²) in [6.07, 6.45) is 0. The first kappa shape index (κ1) is 12.7. The SMILES string of the molecule is CC(C)C(=O)c1c(-c2ccccc2)[nH]c2ccccc12. The first-order valence-corrected chi connectivity index (χ1v) is 6.89. The van der Waals surface area contributed by atoms with Crippen LogP contribution in [0.5, 0.6) is 0 Å². The summed E-state index contributed by atoms with van der Waals surface area (Å²) >= 11 is 0. The van der Waals surface area contributed by atoms with Crippen molar-refractivity contribution in [1.82, 2.24) is 4.98 Å². The van der Waals surface area contributed by atoms with Crippen LogP contribution in [0.4, 0.5) is 0 Å². The Morgan fingerprint density at radius 2 is 1.60 bits per heavy atom. The molecule has 0 saturated heterocycles. The molecule has 0 saturated carbocycles. The number of carbonyl (C=O) groups is 1. The molecule has 1 aromatic heterocycles. The average molecular weight is 263 g/mol. The monoisotopic (exact) mass is 263 g/mol. The highest BCUT2D eigenvalue weighted by molar-refractivity contribution is 6.13.